The van der Waals surface area contributed by atoms with Gasteiger partial charge in [0.1, 0.15) is 0 Å². The van der Waals surface area contributed by atoms with Crippen LogP contribution in [0.4, 0.5) is 5.69 Å². The maximum Gasteiger partial charge on any atom is 0.338 e. The van der Waals surface area contributed by atoms with Crippen LogP contribution in [0.5, 0.6) is 0 Å². The lowest BCUT2D eigenvalue weighted by Gasteiger charge is -2.14. The molecule has 1 saturated heterocycles. The highest BCUT2D eigenvalue weighted by atomic mass is 16.5. The highest BCUT2D eigenvalue weighted by molar-refractivity contribution is 5.97. The van der Waals surface area contributed by atoms with Crippen molar-refractivity contribution in [2.75, 3.05) is 25.0 Å². The predicted octanol–water partition coefficient (Wildman–Crippen LogP) is 1.84. The van der Waals surface area contributed by atoms with Crippen LogP contribution in [-0.4, -0.2) is 42.4 Å². The number of benzene rings is 1. The van der Waals surface area contributed by atoms with Crippen molar-refractivity contribution in [2.45, 2.75) is 13.3 Å². The van der Waals surface area contributed by atoms with Crippen molar-refractivity contribution < 1.29 is 19.1 Å². The maximum atomic E-state index is 12.2. The molecular weight excluding hydrogens is 296 g/mol. The third kappa shape index (κ3) is 4.18. The summed E-state index contributed by atoms with van der Waals surface area (Å²) in [7, 11) is 0. The van der Waals surface area contributed by atoms with Crippen LogP contribution in [0.2, 0.25) is 0 Å². The highest BCUT2D eigenvalue weighted by Gasteiger charge is 2.33. The van der Waals surface area contributed by atoms with E-state index in [4.69, 9.17) is 4.74 Å². The van der Waals surface area contributed by atoms with Crippen molar-refractivity contribution in [1.29, 1.82) is 0 Å². The van der Waals surface area contributed by atoms with Crippen LogP contribution >= 0.6 is 0 Å². The molecule has 0 aliphatic carbocycles. The quantitative estimate of drug-likeness (QED) is 0.642. The fourth-order valence-electron chi connectivity index (χ4n) is 2.43. The molecule has 122 valence electrons. The molecule has 0 aromatic heterocycles. The zero-order valence-electron chi connectivity index (χ0n) is 13.1. The number of esters is 1. The van der Waals surface area contributed by atoms with E-state index < -0.39 is 5.97 Å². The van der Waals surface area contributed by atoms with Gasteiger partial charge in [0.05, 0.1) is 18.1 Å². The number of hydrogen-bond acceptors (Lipinski definition) is 4. The van der Waals surface area contributed by atoms with Gasteiger partial charge in [-0.15, -0.1) is 6.58 Å². The number of ether oxygens (including phenoxy) is 1. The second-order valence-electron chi connectivity index (χ2n) is 5.28. The first-order valence-electron chi connectivity index (χ1n) is 7.51. The topological polar surface area (TPSA) is 75.7 Å². The van der Waals surface area contributed by atoms with Gasteiger partial charge in [0.15, 0.2) is 0 Å². The molecular formula is C17H20N2O4. The van der Waals surface area contributed by atoms with E-state index in [2.05, 4.69) is 11.9 Å². The van der Waals surface area contributed by atoms with Crippen LogP contribution in [0.3, 0.4) is 0 Å². The molecule has 0 spiro atoms. The Morgan fingerprint density at radius 1 is 1.39 bits per heavy atom. The van der Waals surface area contributed by atoms with Gasteiger partial charge in [0.2, 0.25) is 11.8 Å². The molecule has 1 aromatic rings. The van der Waals surface area contributed by atoms with Gasteiger partial charge in [-0.1, -0.05) is 6.08 Å². The van der Waals surface area contributed by atoms with E-state index in [1.807, 2.05) is 0 Å². The van der Waals surface area contributed by atoms with Crippen LogP contribution in [-0.2, 0) is 14.3 Å². The first-order valence-corrected chi connectivity index (χ1v) is 7.51. The predicted molar refractivity (Wildman–Crippen MR) is 85.9 cm³/mol. The largest absolute Gasteiger partial charge is 0.462 e. The summed E-state index contributed by atoms with van der Waals surface area (Å²) in [6.07, 6.45) is 1.85. The summed E-state index contributed by atoms with van der Waals surface area (Å²) in [4.78, 5) is 37.2. The standard InChI is InChI=1S/C17H20N2O4/c1-3-9-19-11-13(10-15(19)20)16(21)18-14-7-5-12(6-8-14)17(22)23-4-2/h3,5-8,13H,1,4,9-11H2,2H3,(H,18,21). The highest BCUT2D eigenvalue weighted by Crippen LogP contribution is 2.20. The molecule has 1 atom stereocenters. The van der Waals surface area contributed by atoms with Gasteiger partial charge < -0.3 is 15.0 Å². The third-order valence-corrected chi connectivity index (χ3v) is 3.60. The number of hydrogen-bond donors (Lipinski definition) is 1. The molecule has 0 bridgehead atoms. The van der Waals surface area contributed by atoms with Crippen LogP contribution < -0.4 is 5.32 Å². The summed E-state index contributed by atoms with van der Waals surface area (Å²) < 4.78 is 4.90. The van der Waals surface area contributed by atoms with Crippen molar-refractivity contribution in [3.05, 3.63) is 42.5 Å². The molecule has 1 aromatic carbocycles. The molecule has 1 unspecified atom stereocenters. The zero-order valence-corrected chi connectivity index (χ0v) is 13.1. The van der Waals surface area contributed by atoms with Crippen molar-refractivity contribution in [3.63, 3.8) is 0 Å². The minimum Gasteiger partial charge on any atom is -0.462 e. The Balaban J connectivity index is 1.94. The Bertz CT molecular complexity index is 610. The van der Waals surface area contributed by atoms with E-state index in [1.165, 1.54) is 0 Å². The normalized spacial score (nSPS) is 17.0. The number of carbonyl (C=O) groups excluding carboxylic acids is 3. The summed E-state index contributed by atoms with van der Waals surface area (Å²) in [5, 5.41) is 2.77. The number of rotatable bonds is 6. The van der Waals surface area contributed by atoms with E-state index in [1.54, 1.807) is 42.2 Å². The lowest BCUT2D eigenvalue weighted by Crippen LogP contribution is -2.28. The maximum absolute atomic E-state index is 12.2. The molecule has 6 heteroatoms. The molecule has 1 N–H and O–H groups in total. The Labute approximate surface area is 135 Å². The zero-order chi connectivity index (χ0) is 16.8. The number of nitrogens with one attached hydrogen (secondary N) is 1. The summed E-state index contributed by atoms with van der Waals surface area (Å²) >= 11 is 0. The first kappa shape index (κ1) is 16.7. The van der Waals surface area contributed by atoms with Gasteiger partial charge in [-0.25, -0.2) is 4.79 Å². The van der Waals surface area contributed by atoms with E-state index >= 15 is 0 Å². The van der Waals surface area contributed by atoms with Crippen molar-refractivity contribution in [3.8, 4) is 0 Å². The van der Waals surface area contributed by atoms with Crippen LogP contribution in [0.1, 0.15) is 23.7 Å². The minimum absolute atomic E-state index is 0.0392. The second-order valence-corrected chi connectivity index (χ2v) is 5.28. The molecule has 2 amide bonds. The average molecular weight is 316 g/mol. The summed E-state index contributed by atoms with van der Waals surface area (Å²) in [5.74, 6) is -1.00. The van der Waals surface area contributed by atoms with Gasteiger partial charge in [0.25, 0.3) is 0 Å². The Morgan fingerprint density at radius 2 is 2.09 bits per heavy atom. The summed E-state index contributed by atoms with van der Waals surface area (Å²) in [6, 6.07) is 6.47. The fraction of sp³-hybridized carbons (Fsp3) is 0.353. The molecule has 23 heavy (non-hydrogen) atoms. The van der Waals surface area contributed by atoms with E-state index in [9.17, 15) is 14.4 Å². The average Bonchev–Trinajstić information content (AvgIpc) is 2.90. The number of amides is 2. The summed E-state index contributed by atoms with van der Waals surface area (Å²) in [6.45, 7) is 6.51. The SMILES string of the molecule is C=CCN1CC(C(=O)Nc2ccc(C(=O)OCC)cc2)CC1=O. The van der Waals surface area contributed by atoms with Crippen LogP contribution in [0, 0.1) is 5.92 Å². The lowest BCUT2D eigenvalue weighted by atomic mass is 10.1. The third-order valence-electron chi connectivity index (χ3n) is 3.60. The molecule has 1 fully saturated rings. The minimum atomic E-state index is -0.396. The van der Waals surface area contributed by atoms with Crippen LogP contribution in [0.15, 0.2) is 36.9 Å². The van der Waals surface area contributed by atoms with Gasteiger partial charge in [0, 0.05) is 25.2 Å². The first-order chi connectivity index (χ1) is 11.0. The van der Waals surface area contributed by atoms with E-state index in [-0.39, 0.29) is 24.2 Å². The number of likely N-dealkylation sites (tertiary alicyclic amines) is 1. The molecule has 0 radical (unpaired) electrons. The van der Waals surface area contributed by atoms with Gasteiger partial charge in [-0.2, -0.15) is 0 Å². The second kappa shape index (κ2) is 7.58. The lowest BCUT2D eigenvalue weighted by molar-refractivity contribution is -0.127. The van der Waals surface area contributed by atoms with Crippen molar-refractivity contribution in [1.82, 2.24) is 4.90 Å². The Kier molecular flexibility index (Phi) is 5.51. The number of anilines is 1. The summed E-state index contributed by atoms with van der Waals surface area (Å²) in [5.41, 5.74) is 1.01. The number of nitrogens with zero attached hydrogens (tertiary/aromatic N) is 1. The van der Waals surface area contributed by atoms with Gasteiger partial charge >= 0.3 is 5.97 Å². The molecule has 6 nitrogen and oxygen atoms in total. The molecule has 1 aliphatic heterocycles. The Morgan fingerprint density at radius 3 is 2.70 bits per heavy atom. The molecule has 1 aliphatic rings. The monoisotopic (exact) mass is 316 g/mol. The van der Waals surface area contributed by atoms with Crippen molar-refractivity contribution >= 4 is 23.5 Å². The van der Waals surface area contributed by atoms with E-state index in [0.717, 1.165) is 0 Å². The Hall–Kier alpha value is -2.63. The molecule has 0 saturated carbocycles. The van der Waals surface area contributed by atoms with Gasteiger partial charge in [-0.05, 0) is 31.2 Å². The molecule has 1 heterocycles. The van der Waals surface area contributed by atoms with Gasteiger partial charge in [-0.3, -0.25) is 9.59 Å². The molecule has 2 rings (SSSR count). The number of carbonyl (C=O) groups is 3. The van der Waals surface area contributed by atoms with E-state index in [0.29, 0.717) is 30.9 Å². The smallest absolute Gasteiger partial charge is 0.338 e. The van der Waals surface area contributed by atoms with Crippen LogP contribution in [0.25, 0.3) is 0 Å². The fourth-order valence-corrected chi connectivity index (χ4v) is 2.43. The van der Waals surface area contributed by atoms with Crippen molar-refractivity contribution in [2.24, 2.45) is 5.92 Å².